The average Bonchev–Trinajstić information content (AvgIpc) is 3.69. The Kier molecular flexibility index (Phi) is 8.52. The Balaban J connectivity index is 1.20. The lowest BCUT2D eigenvalue weighted by Gasteiger charge is -2.21. The minimum atomic E-state index is -0.716. The first kappa shape index (κ1) is 31.6. The summed E-state index contributed by atoms with van der Waals surface area (Å²) in [6.07, 6.45) is -0.695. The molecule has 2 atom stereocenters. The van der Waals surface area contributed by atoms with E-state index in [1.54, 1.807) is 73.7 Å². The summed E-state index contributed by atoms with van der Waals surface area (Å²) in [6, 6.07) is 23.3. The number of ether oxygens (including phenoxy) is 2. The second-order valence-corrected chi connectivity index (χ2v) is 11.9. The molecular weight excluding hydrogens is 632 g/mol. The highest BCUT2D eigenvalue weighted by atomic mass is 19.1. The monoisotopic (exact) mass is 663 g/mol. The van der Waals surface area contributed by atoms with Crippen LogP contribution in [0.4, 0.5) is 8.78 Å². The molecule has 3 aliphatic heterocycles. The highest BCUT2D eigenvalue weighted by Gasteiger charge is 2.39. The summed E-state index contributed by atoms with van der Waals surface area (Å²) in [5, 5.41) is 5.74. The minimum Gasteiger partial charge on any atom is -0.486 e. The second kappa shape index (κ2) is 13.2. The number of aromatic amines is 1. The van der Waals surface area contributed by atoms with Gasteiger partial charge in [-0.3, -0.25) is 14.4 Å². The van der Waals surface area contributed by atoms with E-state index in [0.29, 0.717) is 39.7 Å². The maximum Gasteiger partial charge on any atom is 0.274 e. The first-order chi connectivity index (χ1) is 23.7. The summed E-state index contributed by atoms with van der Waals surface area (Å²) in [5.74, 6) is -1.14. The van der Waals surface area contributed by atoms with Crippen molar-refractivity contribution < 1.29 is 32.6 Å². The molecule has 0 unspecified atom stereocenters. The number of imidazole rings is 1. The lowest BCUT2D eigenvalue weighted by atomic mass is 10.0. The molecule has 10 nitrogen and oxygen atoms in total. The lowest BCUT2D eigenvalue weighted by Crippen LogP contribution is -2.45. The van der Waals surface area contributed by atoms with Gasteiger partial charge in [-0.1, -0.05) is 30.3 Å². The number of aryl methyl sites for hydroxylation is 1. The number of aromatic nitrogens is 2. The standard InChI is InChI=1S/C37H31F2N5O5/c1-21-34(43-35(41-21)23-7-10-26(38)11-8-23)37(47)44-18-31-32(19-44)49-27-12-5-22(6-13-27)17-40-33(45)20-48-28-4-2-3-24(15-28)25-9-14-30(39)29(16-25)36(46)42-31/h2-16,31-32H,17-20H2,1H3,(H,40,45)(H,41,43)(H,42,46)/t31-,32-/m0/s1. The van der Waals surface area contributed by atoms with Gasteiger partial charge >= 0.3 is 0 Å². The zero-order chi connectivity index (χ0) is 34.1. The molecule has 4 heterocycles. The highest BCUT2D eigenvalue weighted by Crippen LogP contribution is 2.28. The fourth-order valence-electron chi connectivity index (χ4n) is 5.91. The Bertz CT molecular complexity index is 2050. The Morgan fingerprint density at radius 2 is 1.63 bits per heavy atom. The quantitative estimate of drug-likeness (QED) is 0.243. The molecule has 8 rings (SSSR count). The third-order valence-electron chi connectivity index (χ3n) is 8.52. The zero-order valence-corrected chi connectivity index (χ0v) is 26.3. The van der Waals surface area contributed by atoms with Crippen LogP contribution in [-0.4, -0.2) is 64.4 Å². The van der Waals surface area contributed by atoms with Gasteiger partial charge in [-0.2, -0.15) is 0 Å². The molecule has 4 aromatic carbocycles. The summed E-state index contributed by atoms with van der Waals surface area (Å²) >= 11 is 0. The second-order valence-electron chi connectivity index (χ2n) is 11.9. The molecule has 1 fully saturated rings. The summed E-state index contributed by atoms with van der Waals surface area (Å²) in [7, 11) is 0. The Hall–Kier alpha value is -6.04. The first-order valence-electron chi connectivity index (χ1n) is 15.7. The fourth-order valence-corrected chi connectivity index (χ4v) is 5.91. The van der Waals surface area contributed by atoms with E-state index < -0.39 is 23.9 Å². The number of hydrogen-bond acceptors (Lipinski definition) is 6. The molecule has 3 amide bonds. The number of nitrogens with one attached hydrogen (secondary N) is 3. The number of nitrogens with zero attached hydrogens (tertiary/aromatic N) is 2. The van der Waals surface area contributed by atoms with E-state index in [1.807, 2.05) is 0 Å². The normalized spacial score (nSPS) is 17.7. The molecule has 1 saturated heterocycles. The van der Waals surface area contributed by atoms with Gasteiger partial charge in [0.2, 0.25) is 0 Å². The molecule has 0 spiro atoms. The average molecular weight is 664 g/mol. The molecule has 12 heteroatoms. The summed E-state index contributed by atoms with van der Waals surface area (Å²) in [5.41, 5.74) is 3.19. The number of halogens is 2. The van der Waals surface area contributed by atoms with Crippen molar-refractivity contribution in [2.45, 2.75) is 25.6 Å². The van der Waals surface area contributed by atoms with Gasteiger partial charge in [-0.05, 0) is 84.3 Å². The lowest BCUT2D eigenvalue weighted by molar-refractivity contribution is -0.123. The Morgan fingerprint density at radius 1 is 0.878 bits per heavy atom. The van der Waals surface area contributed by atoms with Crippen LogP contribution in [0.2, 0.25) is 0 Å². The van der Waals surface area contributed by atoms with E-state index in [1.165, 1.54) is 29.2 Å². The molecule has 248 valence electrons. The molecule has 0 saturated carbocycles. The van der Waals surface area contributed by atoms with Crippen LogP contribution in [0.25, 0.3) is 22.5 Å². The number of benzene rings is 4. The minimum absolute atomic E-state index is 0.0677. The molecule has 49 heavy (non-hydrogen) atoms. The van der Waals surface area contributed by atoms with Crippen LogP contribution < -0.4 is 20.1 Å². The largest absolute Gasteiger partial charge is 0.486 e. The number of amides is 3. The number of carbonyl (C=O) groups excluding carboxylic acids is 3. The van der Waals surface area contributed by atoms with Crippen molar-refractivity contribution in [1.29, 1.82) is 0 Å². The molecular formula is C37H31F2N5O5. The van der Waals surface area contributed by atoms with Crippen LogP contribution in [0.5, 0.6) is 11.5 Å². The van der Waals surface area contributed by atoms with Gasteiger partial charge in [-0.25, -0.2) is 13.8 Å². The van der Waals surface area contributed by atoms with Crippen molar-refractivity contribution in [3.05, 3.63) is 125 Å². The molecule has 5 aromatic rings. The van der Waals surface area contributed by atoms with Crippen molar-refractivity contribution in [2.24, 2.45) is 0 Å². The van der Waals surface area contributed by atoms with Crippen molar-refractivity contribution in [1.82, 2.24) is 25.5 Å². The van der Waals surface area contributed by atoms with Gasteiger partial charge in [0, 0.05) is 24.3 Å². The van der Waals surface area contributed by atoms with Crippen molar-refractivity contribution >= 4 is 17.7 Å². The molecule has 3 aliphatic rings. The molecule has 6 bridgehead atoms. The SMILES string of the molecule is Cc1[nH]c(-c2ccc(F)cc2)nc1C(=O)N1C[C@@H]2NC(=O)c3cc(ccc3F)-c3cccc(c3)OCC(=O)NCc3ccc(cc3)O[C@H]2C1. The smallest absolute Gasteiger partial charge is 0.274 e. The van der Waals surface area contributed by atoms with Crippen LogP contribution in [-0.2, 0) is 11.3 Å². The predicted molar refractivity (Wildman–Crippen MR) is 176 cm³/mol. The van der Waals surface area contributed by atoms with Crippen LogP contribution in [0, 0.1) is 18.6 Å². The Labute approximate surface area is 280 Å². The maximum absolute atomic E-state index is 15.2. The van der Waals surface area contributed by atoms with E-state index in [0.717, 1.165) is 5.56 Å². The summed E-state index contributed by atoms with van der Waals surface area (Å²) in [6.45, 7) is 1.96. The number of rotatable bonds is 2. The van der Waals surface area contributed by atoms with Crippen LogP contribution >= 0.6 is 0 Å². The summed E-state index contributed by atoms with van der Waals surface area (Å²) in [4.78, 5) is 49.1. The number of fused-ring (bicyclic) bond motifs is 7. The van der Waals surface area contributed by atoms with Gasteiger partial charge in [0.05, 0.1) is 18.2 Å². The van der Waals surface area contributed by atoms with Crippen LogP contribution in [0.3, 0.4) is 0 Å². The number of likely N-dealkylation sites (tertiary alicyclic amines) is 1. The van der Waals surface area contributed by atoms with Crippen LogP contribution in [0.15, 0.2) is 91.0 Å². The van der Waals surface area contributed by atoms with Crippen molar-refractivity contribution in [3.8, 4) is 34.0 Å². The van der Waals surface area contributed by atoms with E-state index in [9.17, 15) is 18.8 Å². The van der Waals surface area contributed by atoms with Gasteiger partial charge in [0.15, 0.2) is 6.61 Å². The third kappa shape index (κ3) is 6.84. The molecule has 3 N–H and O–H groups in total. The number of carbonyl (C=O) groups is 3. The Morgan fingerprint density at radius 3 is 2.43 bits per heavy atom. The molecule has 0 aliphatic carbocycles. The van der Waals surface area contributed by atoms with Crippen molar-refractivity contribution in [2.75, 3.05) is 19.7 Å². The van der Waals surface area contributed by atoms with Gasteiger partial charge in [0.1, 0.15) is 40.8 Å². The first-order valence-corrected chi connectivity index (χ1v) is 15.7. The maximum atomic E-state index is 15.2. The predicted octanol–water partition coefficient (Wildman–Crippen LogP) is 5.04. The van der Waals surface area contributed by atoms with E-state index >= 15 is 4.39 Å². The van der Waals surface area contributed by atoms with E-state index in [4.69, 9.17) is 9.47 Å². The van der Waals surface area contributed by atoms with Crippen molar-refractivity contribution in [3.63, 3.8) is 0 Å². The molecule has 1 aromatic heterocycles. The van der Waals surface area contributed by atoms with Gasteiger partial charge in [-0.15, -0.1) is 0 Å². The summed E-state index contributed by atoms with van der Waals surface area (Å²) < 4.78 is 40.7. The zero-order valence-electron chi connectivity index (χ0n) is 26.3. The number of H-pyrrole nitrogens is 1. The van der Waals surface area contributed by atoms with E-state index in [-0.39, 0.29) is 55.1 Å². The van der Waals surface area contributed by atoms with Crippen LogP contribution in [0.1, 0.15) is 32.1 Å². The topological polar surface area (TPSA) is 126 Å². The fraction of sp³-hybridized carbons (Fsp3) is 0.189. The third-order valence-corrected chi connectivity index (χ3v) is 8.52. The van der Waals surface area contributed by atoms with E-state index in [2.05, 4.69) is 20.6 Å². The van der Waals surface area contributed by atoms with Gasteiger partial charge in [0.25, 0.3) is 17.7 Å². The van der Waals surface area contributed by atoms with Gasteiger partial charge < -0.3 is 30.0 Å². The number of hydrogen-bond donors (Lipinski definition) is 3. The highest BCUT2D eigenvalue weighted by molar-refractivity contribution is 5.97. The molecule has 0 radical (unpaired) electrons.